The van der Waals surface area contributed by atoms with Crippen molar-refractivity contribution in [3.8, 4) is 0 Å². The van der Waals surface area contributed by atoms with E-state index in [2.05, 4.69) is 10.3 Å². The number of hydrogen-bond acceptors (Lipinski definition) is 4. The van der Waals surface area contributed by atoms with Crippen molar-refractivity contribution in [1.29, 1.82) is 0 Å². The molecule has 1 atom stereocenters. The van der Waals surface area contributed by atoms with Crippen LogP contribution in [-0.4, -0.2) is 28.4 Å². The van der Waals surface area contributed by atoms with Crippen LogP contribution in [0.3, 0.4) is 0 Å². The maximum Gasteiger partial charge on any atom is 0.241 e. The minimum atomic E-state index is -0.721. The molecule has 1 fully saturated rings. The maximum absolute atomic E-state index is 13.3. The Bertz CT molecular complexity index is 712. The molecule has 0 radical (unpaired) electrons. The SMILES string of the molecule is Cc1cnc(CN2CCCCC2C(=O)Nc2cc(F)cc(F)c2)o1. The topological polar surface area (TPSA) is 58.4 Å². The van der Waals surface area contributed by atoms with Crippen molar-refractivity contribution in [2.75, 3.05) is 11.9 Å². The molecule has 1 amide bonds. The number of amides is 1. The number of carbonyl (C=O) groups is 1. The predicted octanol–water partition coefficient (Wildman–Crippen LogP) is 3.25. The van der Waals surface area contributed by atoms with E-state index in [1.165, 1.54) is 0 Å². The van der Waals surface area contributed by atoms with Crippen LogP contribution in [0.25, 0.3) is 0 Å². The zero-order valence-electron chi connectivity index (χ0n) is 13.4. The van der Waals surface area contributed by atoms with E-state index in [9.17, 15) is 13.6 Å². The molecule has 5 nitrogen and oxygen atoms in total. The number of aryl methyl sites for hydroxylation is 1. The summed E-state index contributed by atoms with van der Waals surface area (Å²) in [5.74, 6) is -0.438. The number of nitrogens with one attached hydrogen (secondary N) is 1. The highest BCUT2D eigenvalue weighted by Gasteiger charge is 2.29. The molecule has 0 bridgehead atoms. The number of rotatable bonds is 4. The van der Waals surface area contributed by atoms with E-state index in [1.54, 1.807) is 6.20 Å². The summed E-state index contributed by atoms with van der Waals surface area (Å²) in [6.45, 7) is 3.00. The first-order valence-electron chi connectivity index (χ1n) is 7.93. The fourth-order valence-electron chi connectivity index (χ4n) is 2.98. The molecule has 2 heterocycles. The van der Waals surface area contributed by atoms with Gasteiger partial charge in [-0.3, -0.25) is 9.69 Å². The molecule has 128 valence electrons. The third-order valence-corrected chi connectivity index (χ3v) is 4.05. The third-order valence-electron chi connectivity index (χ3n) is 4.05. The molecule has 2 aromatic rings. The molecule has 24 heavy (non-hydrogen) atoms. The molecule has 1 aromatic carbocycles. The number of anilines is 1. The van der Waals surface area contributed by atoms with Gasteiger partial charge in [0.05, 0.1) is 18.8 Å². The summed E-state index contributed by atoms with van der Waals surface area (Å²) < 4.78 is 32.0. The van der Waals surface area contributed by atoms with Crippen LogP contribution in [0.15, 0.2) is 28.8 Å². The van der Waals surface area contributed by atoms with Crippen molar-refractivity contribution in [2.45, 2.75) is 38.8 Å². The summed E-state index contributed by atoms with van der Waals surface area (Å²) in [6, 6.07) is 2.60. The molecule has 1 N–H and O–H groups in total. The number of nitrogens with zero attached hydrogens (tertiary/aromatic N) is 2. The number of hydrogen-bond donors (Lipinski definition) is 1. The van der Waals surface area contributed by atoms with Gasteiger partial charge < -0.3 is 9.73 Å². The van der Waals surface area contributed by atoms with E-state index in [0.717, 1.165) is 43.3 Å². The van der Waals surface area contributed by atoms with Crippen molar-refractivity contribution in [3.05, 3.63) is 47.7 Å². The van der Waals surface area contributed by atoms with Gasteiger partial charge in [0.2, 0.25) is 11.8 Å². The minimum absolute atomic E-state index is 0.120. The number of aromatic nitrogens is 1. The standard InChI is InChI=1S/C17H19F2N3O2/c1-11-9-20-16(24-11)10-22-5-3-2-4-15(22)17(23)21-14-7-12(18)6-13(19)8-14/h6-9,15H,2-5,10H2,1H3,(H,21,23). The van der Waals surface area contributed by atoms with Crippen LogP contribution in [0, 0.1) is 18.6 Å². The quantitative estimate of drug-likeness (QED) is 0.932. The van der Waals surface area contributed by atoms with Gasteiger partial charge in [0, 0.05) is 11.8 Å². The molecule has 1 unspecified atom stereocenters. The number of halogens is 2. The van der Waals surface area contributed by atoms with Crippen LogP contribution >= 0.6 is 0 Å². The second-order valence-corrected chi connectivity index (χ2v) is 5.99. The Hall–Kier alpha value is -2.28. The summed E-state index contributed by atoms with van der Waals surface area (Å²) in [5.41, 5.74) is 0.120. The highest BCUT2D eigenvalue weighted by atomic mass is 19.1. The Morgan fingerprint density at radius 1 is 1.33 bits per heavy atom. The Morgan fingerprint density at radius 2 is 2.08 bits per heavy atom. The number of oxazole rings is 1. The van der Waals surface area contributed by atoms with Gasteiger partial charge in [-0.1, -0.05) is 6.42 Å². The molecule has 1 aliphatic rings. The van der Waals surface area contributed by atoms with Gasteiger partial charge in [-0.2, -0.15) is 0 Å². The Morgan fingerprint density at radius 3 is 2.75 bits per heavy atom. The first-order valence-corrected chi connectivity index (χ1v) is 7.93. The lowest BCUT2D eigenvalue weighted by atomic mass is 10.0. The van der Waals surface area contributed by atoms with Gasteiger partial charge in [0.25, 0.3) is 0 Å². The number of benzene rings is 1. The van der Waals surface area contributed by atoms with Crippen LogP contribution in [0.5, 0.6) is 0 Å². The van der Waals surface area contributed by atoms with Crippen LogP contribution in [0.4, 0.5) is 14.5 Å². The average molecular weight is 335 g/mol. The van der Waals surface area contributed by atoms with Crippen LogP contribution in [0.2, 0.25) is 0 Å². The minimum Gasteiger partial charge on any atom is -0.445 e. The summed E-state index contributed by atoms with van der Waals surface area (Å²) in [4.78, 5) is 18.7. The summed E-state index contributed by atoms with van der Waals surface area (Å²) in [6.07, 6.45) is 4.24. The summed E-state index contributed by atoms with van der Waals surface area (Å²) in [5, 5.41) is 2.60. The normalized spacial score (nSPS) is 18.5. The van der Waals surface area contributed by atoms with Gasteiger partial charge >= 0.3 is 0 Å². The van der Waals surface area contributed by atoms with Gasteiger partial charge in [0.1, 0.15) is 17.4 Å². The second-order valence-electron chi connectivity index (χ2n) is 5.99. The average Bonchev–Trinajstić information content (AvgIpc) is 2.92. The molecule has 1 saturated heterocycles. The number of likely N-dealkylation sites (tertiary alicyclic amines) is 1. The molecular formula is C17H19F2N3O2. The van der Waals surface area contributed by atoms with E-state index >= 15 is 0 Å². The number of carbonyl (C=O) groups excluding carboxylic acids is 1. The lowest BCUT2D eigenvalue weighted by Crippen LogP contribution is -2.46. The molecule has 0 aliphatic carbocycles. The Balaban J connectivity index is 1.70. The van der Waals surface area contributed by atoms with Crippen molar-refractivity contribution < 1.29 is 18.0 Å². The van der Waals surface area contributed by atoms with Crippen molar-refractivity contribution in [2.24, 2.45) is 0 Å². The molecular weight excluding hydrogens is 316 g/mol. The summed E-state index contributed by atoms with van der Waals surface area (Å²) in [7, 11) is 0. The second kappa shape index (κ2) is 7.09. The van der Waals surface area contributed by atoms with Gasteiger partial charge in [0.15, 0.2) is 0 Å². The highest BCUT2D eigenvalue weighted by molar-refractivity contribution is 5.94. The van der Waals surface area contributed by atoms with E-state index in [0.29, 0.717) is 18.9 Å². The zero-order valence-corrected chi connectivity index (χ0v) is 13.4. The van der Waals surface area contributed by atoms with Crippen LogP contribution in [-0.2, 0) is 11.3 Å². The largest absolute Gasteiger partial charge is 0.445 e. The van der Waals surface area contributed by atoms with Gasteiger partial charge in [-0.25, -0.2) is 13.8 Å². The Kier molecular flexibility index (Phi) is 4.89. The lowest BCUT2D eigenvalue weighted by molar-refractivity contribution is -0.122. The van der Waals surface area contributed by atoms with Crippen LogP contribution < -0.4 is 5.32 Å². The molecule has 7 heteroatoms. The predicted molar refractivity (Wildman–Crippen MR) is 84.3 cm³/mol. The first kappa shape index (κ1) is 16.6. The molecule has 3 rings (SSSR count). The fraction of sp³-hybridized carbons (Fsp3) is 0.412. The molecule has 1 aliphatic heterocycles. The van der Waals surface area contributed by atoms with E-state index in [1.807, 2.05) is 11.8 Å². The van der Waals surface area contributed by atoms with E-state index < -0.39 is 11.6 Å². The number of piperidine rings is 1. The fourth-order valence-corrected chi connectivity index (χ4v) is 2.98. The van der Waals surface area contributed by atoms with Crippen molar-refractivity contribution in [1.82, 2.24) is 9.88 Å². The molecule has 1 aromatic heterocycles. The van der Waals surface area contributed by atoms with Gasteiger partial charge in [-0.15, -0.1) is 0 Å². The summed E-state index contributed by atoms with van der Waals surface area (Å²) >= 11 is 0. The third kappa shape index (κ3) is 3.97. The molecule has 0 saturated carbocycles. The maximum atomic E-state index is 13.3. The first-order chi connectivity index (χ1) is 11.5. The zero-order chi connectivity index (χ0) is 17.1. The van der Waals surface area contributed by atoms with E-state index in [-0.39, 0.29) is 17.6 Å². The highest BCUT2D eigenvalue weighted by Crippen LogP contribution is 2.22. The Labute approximate surface area is 138 Å². The lowest BCUT2D eigenvalue weighted by Gasteiger charge is -2.33. The van der Waals surface area contributed by atoms with Crippen LogP contribution in [0.1, 0.15) is 30.9 Å². The van der Waals surface area contributed by atoms with Crippen molar-refractivity contribution >= 4 is 11.6 Å². The van der Waals surface area contributed by atoms with E-state index in [4.69, 9.17) is 4.42 Å². The van der Waals surface area contributed by atoms with Crippen molar-refractivity contribution in [3.63, 3.8) is 0 Å². The monoisotopic (exact) mass is 335 g/mol. The van der Waals surface area contributed by atoms with Gasteiger partial charge in [-0.05, 0) is 38.4 Å². The smallest absolute Gasteiger partial charge is 0.241 e. The molecule has 0 spiro atoms.